The highest BCUT2D eigenvalue weighted by Crippen LogP contribution is 2.23. The van der Waals surface area contributed by atoms with E-state index in [4.69, 9.17) is 19.9 Å². The van der Waals surface area contributed by atoms with Gasteiger partial charge in [-0.05, 0) is 52.1 Å². The highest BCUT2D eigenvalue weighted by molar-refractivity contribution is 6.08. The smallest absolute Gasteiger partial charge is 0.408 e. The molecule has 2 aromatic rings. The van der Waals surface area contributed by atoms with Crippen molar-refractivity contribution in [1.82, 2.24) is 5.32 Å². The van der Waals surface area contributed by atoms with E-state index in [1.54, 1.807) is 75.4 Å². The number of unbranched alkanes of at least 4 members (excludes halogenated alkanes) is 1. The van der Waals surface area contributed by atoms with Gasteiger partial charge in [0.15, 0.2) is 12.4 Å². The lowest BCUT2D eigenvalue weighted by molar-refractivity contribution is -0.173. The van der Waals surface area contributed by atoms with Crippen LogP contribution in [0.1, 0.15) is 56.0 Å². The molecule has 36 heavy (non-hydrogen) atoms. The predicted octanol–water partition coefficient (Wildman–Crippen LogP) is 3.55. The molecule has 9 nitrogen and oxygen atoms in total. The van der Waals surface area contributed by atoms with Gasteiger partial charge in [0.1, 0.15) is 12.2 Å². The van der Waals surface area contributed by atoms with E-state index in [0.29, 0.717) is 24.9 Å². The first-order valence-corrected chi connectivity index (χ1v) is 11.8. The van der Waals surface area contributed by atoms with Crippen LogP contribution in [0.2, 0.25) is 0 Å². The molecule has 2 aromatic carbocycles. The molecule has 2 rings (SSSR count). The fourth-order valence-electron chi connectivity index (χ4n) is 3.25. The van der Waals surface area contributed by atoms with Gasteiger partial charge in [0, 0.05) is 5.56 Å². The Labute approximate surface area is 211 Å². The van der Waals surface area contributed by atoms with Gasteiger partial charge in [-0.2, -0.15) is 0 Å². The summed E-state index contributed by atoms with van der Waals surface area (Å²) in [5, 5.41) is 2.38. The highest BCUT2D eigenvalue weighted by atomic mass is 16.6. The summed E-state index contributed by atoms with van der Waals surface area (Å²) in [5.74, 6) is -2.59. The number of carbonyl (C=O) groups excluding carboxylic acids is 4. The summed E-state index contributed by atoms with van der Waals surface area (Å²) >= 11 is 0. The Hall–Kier alpha value is -3.72. The van der Waals surface area contributed by atoms with Crippen molar-refractivity contribution in [3.63, 3.8) is 0 Å². The van der Waals surface area contributed by atoms with Crippen LogP contribution in [0, 0.1) is 0 Å². The van der Waals surface area contributed by atoms with E-state index < -0.39 is 41.6 Å². The number of carbonyl (C=O) groups is 4. The normalized spacial score (nSPS) is 12.7. The molecule has 0 aliphatic rings. The maximum atomic E-state index is 13.4. The molecule has 0 spiro atoms. The van der Waals surface area contributed by atoms with E-state index in [-0.39, 0.29) is 13.0 Å². The summed E-state index contributed by atoms with van der Waals surface area (Å²) in [7, 11) is 0. The number of esters is 2. The van der Waals surface area contributed by atoms with Gasteiger partial charge in [-0.1, -0.05) is 60.7 Å². The van der Waals surface area contributed by atoms with Gasteiger partial charge in [-0.25, -0.2) is 14.4 Å². The Kier molecular flexibility index (Phi) is 10.6. The van der Waals surface area contributed by atoms with Crippen LogP contribution in [0.5, 0.6) is 0 Å². The molecule has 0 aliphatic carbocycles. The summed E-state index contributed by atoms with van der Waals surface area (Å²) in [6.45, 7) is 4.51. The molecule has 0 bridgehead atoms. The Bertz CT molecular complexity index is 1020. The van der Waals surface area contributed by atoms with Crippen LogP contribution >= 0.6 is 0 Å². The van der Waals surface area contributed by atoms with E-state index in [0.717, 1.165) is 5.56 Å². The zero-order chi connectivity index (χ0) is 26.6. The molecule has 1 atom stereocenters. The van der Waals surface area contributed by atoms with E-state index in [2.05, 4.69) is 5.32 Å². The van der Waals surface area contributed by atoms with Gasteiger partial charge < -0.3 is 19.9 Å². The second-order valence-corrected chi connectivity index (χ2v) is 9.21. The number of rotatable bonds is 12. The average molecular weight is 499 g/mol. The Morgan fingerprint density at radius 2 is 1.44 bits per heavy atom. The lowest BCUT2D eigenvalue weighted by Crippen LogP contribution is -2.62. The topological polar surface area (TPSA) is 134 Å². The van der Waals surface area contributed by atoms with Crippen molar-refractivity contribution in [2.75, 3.05) is 13.2 Å². The van der Waals surface area contributed by atoms with Crippen LogP contribution in [0.4, 0.5) is 4.79 Å². The molecule has 194 valence electrons. The van der Waals surface area contributed by atoms with Crippen molar-refractivity contribution in [2.24, 2.45) is 5.73 Å². The monoisotopic (exact) mass is 498 g/mol. The zero-order valence-corrected chi connectivity index (χ0v) is 21.0. The number of hydrogen-bond acceptors (Lipinski definition) is 8. The maximum absolute atomic E-state index is 13.4. The molecule has 1 amide bonds. The maximum Gasteiger partial charge on any atom is 0.408 e. The molecule has 0 aromatic heterocycles. The SMILES string of the molecule is CC(C)(C)OC(=O)[C@@](CCCCN)(NC(=O)OCc1ccccc1)C(=O)OCC(=O)c1ccccc1. The van der Waals surface area contributed by atoms with Crippen LogP contribution in [0.3, 0.4) is 0 Å². The van der Waals surface area contributed by atoms with Crippen molar-refractivity contribution in [2.45, 2.75) is 57.8 Å². The molecule has 0 saturated carbocycles. The number of amides is 1. The van der Waals surface area contributed by atoms with E-state index in [1.165, 1.54) is 0 Å². The first kappa shape index (κ1) is 28.5. The molecule has 0 heterocycles. The molecular weight excluding hydrogens is 464 g/mol. The third-order valence-electron chi connectivity index (χ3n) is 5.06. The van der Waals surface area contributed by atoms with Crippen molar-refractivity contribution < 1.29 is 33.4 Å². The van der Waals surface area contributed by atoms with Crippen molar-refractivity contribution in [1.29, 1.82) is 0 Å². The van der Waals surface area contributed by atoms with Gasteiger partial charge >= 0.3 is 18.0 Å². The van der Waals surface area contributed by atoms with Gasteiger partial charge in [0.05, 0.1) is 0 Å². The second-order valence-electron chi connectivity index (χ2n) is 9.21. The number of ketones is 1. The first-order chi connectivity index (χ1) is 17.1. The average Bonchev–Trinajstić information content (AvgIpc) is 2.85. The largest absolute Gasteiger partial charge is 0.458 e. The minimum Gasteiger partial charge on any atom is -0.458 e. The van der Waals surface area contributed by atoms with Crippen molar-refractivity contribution >= 4 is 23.8 Å². The number of nitrogens with one attached hydrogen (secondary N) is 1. The fourth-order valence-corrected chi connectivity index (χ4v) is 3.25. The number of benzene rings is 2. The van der Waals surface area contributed by atoms with E-state index in [9.17, 15) is 19.2 Å². The van der Waals surface area contributed by atoms with Gasteiger partial charge in [0.2, 0.25) is 5.54 Å². The lowest BCUT2D eigenvalue weighted by Gasteiger charge is -2.33. The van der Waals surface area contributed by atoms with Crippen LogP contribution in [0.15, 0.2) is 60.7 Å². The standard InChI is InChI=1S/C27H34N2O7/c1-26(2,3)36-24(32)27(16-10-11-17-28,29-25(33)35-18-20-12-6-4-7-13-20)23(31)34-19-22(30)21-14-8-5-9-15-21/h4-9,12-15H,10-11,16-19,28H2,1-3H3,(H,29,33)/t27-/m0/s1. The van der Waals surface area contributed by atoms with Gasteiger partial charge in [-0.3, -0.25) is 10.1 Å². The Morgan fingerprint density at radius 3 is 2.03 bits per heavy atom. The fraction of sp³-hybridized carbons (Fsp3) is 0.407. The number of Topliss-reactive ketones (excluding diaryl/α,β-unsaturated/α-hetero) is 1. The zero-order valence-electron chi connectivity index (χ0n) is 21.0. The molecule has 0 aliphatic heterocycles. The molecule has 0 saturated heterocycles. The van der Waals surface area contributed by atoms with Crippen LogP contribution < -0.4 is 11.1 Å². The molecular formula is C27H34N2O7. The molecule has 0 unspecified atom stereocenters. The van der Waals surface area contributed by atoms with Gasteiger partial charge in [-0.15, -0.1) is 0 Å². The minimum absolute atomic E-state index is 0.0819. The predicted molar refractivity (Wildman–Crippen MR) is 133 cm³/mol. The van der Waals surface area contributed by atoms with Gasteiger partial charge in [0.25, 0.3) is 0 Å². The summed E-state index contributed by atoms with van der Waals surface area (Å²) in [6.07, 6.45) is -0.389. The molecule has 0 fully saturated rings. The van der Waals surface area contributed by atoms with Crippen molar-refractivity contribution in [3.05, 3.63) is 71.8 Å². The third-order valence-corrected chi connectivity index (χ3v) is 5.06. The number of hydrogen-bond donors (Lipinski definition) is 2. The third kappa shape index (κ3) is 8.81. The summed E-state index contributed by atoms with van der Waals surface area (Å²) in [5.41, 5.74) is 3.46. The molecule has 9 heteroatoms. The first-order valence-electron chi connectivity index (χ1n) is 11.8. The second kappa shape index (κ2) is 13.4. The Morgan fingerprint density at radius 1 is 0.833 bits per heavy atom. The summed E-state index contributed by atoms with van der Waals surface area (Å²) < 4.78 is 16.0. The van der Waals surface area contributed by atoms with Crippen LogP contribution in [-0.4, -0.2) is 48.1 Å². The van der Waals surface area contributed by atoms with Crippen LogP contribution in [-0.2, 0) is 30.4 Å². The highest BCUT2D eigenvalue weighted by Gasteiger charge is 2.51. The molecule has 3 N–H and O–H groups in total. The lowest BCUT2D eigenvalue weighted by atomic mass is 9.92. The summed E-state index contributed by atoms with van der Waals surface area (Å²) in [4.78, 5) is 51.9. The minimum atomic E-state index is -2.23. The van der Waals surface area contributed by atoms with Crippen LogP contribution in [0.25, 0.3) is 0 Å². The number of ether oxygens (including phenoxy) is 3. The molecule has 0 radical (unpaired) electrons. The number of nitrogens with two attached hydrogens (primary N) is 1. The van der Waals surface area contributed by atoms with E-state index in [1.807, 2.05) is 6.07 Å². The Balaban J connectivity index is 2.27. The summed E-state index contributed by atoms with van der Waals surface area (Å²) in [6, 6.07) is 17.2. The van der Waals surface area contributed by atoms with Crippen molar-refractivity contribution in [3.8, 4) is 0 Å². The van der Waals surface area contributed by atoms with E-state index >= 15 is 0 Å². The number of alkyl carbamates (subject to hydrolysis) is 1. The quantitative estimate of drug-likeness (QED) is 0.149.